The molecule has 370 valence electrons. The van der Waals surface area contributed by atoms with Gasteiger partial charge in [-0.25, -0.2) is 9.59 Å². The molecular formula is C56H98O7S. The zero-order valence-corrected chi connectivity index (χ0v) is 42.4. The Hall–Kier alpha value is -2.45. The Morgan fingerprint density at radius 1 is 0.406 bits per heavy atom. The summed E-state index contributed by atoms with van der Waals surface area (Å²) >= 11 is 0. The lowest BCUT2D eigenvalue weighted by atomic mass is 10.0. The summed E-state index contributed by atoms with van der Waals surface area (Å²) < 4.78 is 44.1. The molecule has 0 aliphatic carbocycles. The number of unbranched alkanes of at least 4 members (excludes halogenated alkanes) is 36. The Morgan fingerprint density at radius 2 is 0.672 bits per heavy atom. The average molecular weight is 915 g/mol. The Morgan fingerprint density at radius 3 is 0.969 bits per heavy atom. The Kier molecular flexibility index (Phi) is 41.3. The van der Waals surface area contributed by atoms with Gasteiger partial charge in [-0.2, -0.15) is 8.42 Å². The van der Waals surface area contributed by atoms with Crippen LogP contribution in [-0.4, -0.2) is 38.1 Å². The Bertz CT molecular complexity index is 1400. The largest absolute Gasteiger partial charge is 0.462 e. The summed E-state index contributed by atoms with van der Waals surface area (Å²) in [5, 5.41) is 0. The van der Waals surface area contributed by atoms with Crippen molar-refractivity contribution in [3.63, 3.8) is 0 Å². The highest BCUT2D eigenvalue weighted by Gasteiger charge is 2.23. The summed E-state index contributed by atoms with van der Waals surface area (Å²) in [4.78, 5) is 25.5. The molecular weight excluding hydrogens is 817 g/mol. The van der Waals surface area contributed by atoms with Gasteiger partial charge in [0.25, 0.3) is 10.1 Å². The zero-order valence-electron chi connectivity index (χ0n) is 41.5. The fraction of sp³-hybridized carbons (Fsp3) is 0.786. The normalized spacial score (nSPS) is 11.9. The van der Waals surface area contributed by atoms with Crippen molar-refractivity contribution in [1.29, 1.82) is 0 Å². The maximum Gasteiger partial charge on any atom is 0.339 e. The highest BCUT2D eigenvalue weighted by Crippen LogP contribution is 2.20. The third-order valence-electron chi connectivity index (χ3n) is 12.5. The molecule has 0 saturated carbocycles. The predicted molar refractivity (Wildman–Crippen MR) is 271 cm³/mol. The number of carbonyl (C=O) groups is 2. The number of ether oxygens (including phenoxy) is 2. The second kappa shape index (κ2) is 44.4. The van der Waals surface area contributed by atoms with E-state index in [9.17, 15) is 22.6 Å². The van der Waals surface area contributed by atoms with Gasteiger partial charge in [0.2, 0.25) is 0 Å². The van der Waals surface area contributed by atoms with Crippen LogP contribution in [0.5, 0.6) is 0 Å². The van der Waals surface area contributed by atoms with Crippen molar-refractivity contribution >= 4 is 22.1 Å². The molecule has 0 spiro atoms. The lowest BCUT2D eigenvalue weighted by Crippen LogP contribution is -2.16. The number of hydrogen-bond donors (Lipinski definition) is 1. The minimum atomic E-state index is -4.58. The van der Waals surface area contributed by atoms with Crippen LogP contribution < -0.4 is 0 Å². The molecule has 64 heavy (non-hydrogen) atoms. The van der Waals surface area contributed by atoms with Gasteiger partial charge in [-0.15, -0.1) is 0 Å². The van der Waals surface area contributed by atoms with E-state index in [1.807, 2.05) is 0 Å². The second-order valence-electron chi connectivity index (χ2n) is 18.6. The monoisotopic (exact) mass is 915 g/mol. The van der Waals surface area contributed by atoms with E-state index in [4.69, 9.17) is 9.47 Å². The molecule has 0 amide bonds. The van der Waals surface area contributed by atoms with Gasteiger partial charge in [-0.1, -0.05) is 231 Å². The quantitative estimate of drug-likeness (QED) is 0.0300. The summed E-state index contributed by atoms with van der Waals surface area (Å²) in [5.41, 5.74) is -0.302. The van der Waals surface area contributed by atoms with Crippen LogP contribution in [0.1, 0.15) is 291 Å². The minimum absolute atomic E-state index is 0.0758. The first kappa shape index (κ1) is 59.6. The molecule has 1 rings (SSSR count). The first-order chi connectivity index (χ1) is 31.3. The van der Waals surface area contributed by atoms with Gasteiger partial charge in [0.05, 0.1) is 29.2 Å². The molecule has 0 radical (unpaired) electrons. The predicted octanol–water partition coefficient (Wildman–Crippen LogP) is 18.0. The van der Waals surface area contributed by atoms with Gasteiger partial charge in [0, 0.05) is 0 Å². The third-order valence-corrected chi connectivity index (χ3v) is 13.4. The van der Waals surface area contributed by atoms with Crippen LogP contribution in [0.4, 0.5) is 0 Å². The molecule has 0 saturated heterocycles. The van der Waals surface area contributed by atoms with Gasteiger partial charge < -0.3 is 9.47 Å². The third kappa shape index (κ3) is 36.7. The fourth-order valence-electron chi connectivity index (χ4n) is 8.34. The van der Waals surface area contributed by atoms with E-state index >= 15 is 0 Å². The topological polar surface area (TPSA) is 107 Å². The highest BCUT2D eigenvalue weighted by molar-refractivity contribution is 7.85. The molecule has 0 aliphatic heterocycles. The molecule has 1 N–H and O–H groups in total. The SMILES string of the molecule is CCCCCCCCCCCCCCCCCC/C=C/CCCCOC(=O)c1ccc(S(=O)(=O)O)cc1C(=O)OCCCC/C=C/CCCCCCCCCCCCCCCCCC. The van der Waals surface area contributed by atoms with Gasteiger partial charge in [-0.05, 0) is 82.4 Å². The van der Waals surface area contributed by atoms with Gasteiger partial charge in [0.1, 0.15) is 0 Å². The average Bonchev–Trinajstić information content (AvgIpc) is 3.28. The lowest BCUT2D eigenvalue weighted by molar-refractivity contribution is 0.0451. The van der Waals surface area contributed by atoms with Gasteiger partial charge >= 0.3 is 11.9 Å². The van der Waals surface area contributed by atoms with Crippen molar-refractivity contribution in [2.24, 2.45) is 0 Å². The van der Waals surface area contributed by atoms with Crippen LogP contribution in [0.2, 0.25) is 0 Å². The molecule has 7 nitrogen and oxygen atoms in total. The number of hydrogen-bond acceptors (Lipinski definition) is 6. The minimum Gasteiger partial charge on any atom is -0.462 e. The van der Waals surface area contributed by atoms with E-state index in [0.717, 1.165) is 50.7 Å². The first-order valence-electron chi connectivity index (χ1n) is 27.1. The Balaban J connectivity index is 2.13. The van der Waals surface area contributed by atoms with Crippen molar-refractivity contribution in [2.45, 2.75) is 276 Å². The number of benzene rings is 1. The van der Waals surface area contributed by atoms with Crippen molar-refractivity contribution in [2.75, 3.05) is 13.2 Å². The van der Waals surface area contributed by atoms with Gasteiger partial charge in [-0.3, -0.25) is 4.55 Å². The summed E-state index contributed by atoms with van der Waals surface area (Å²) in [5.74, 6) is -1.53. The lowest BCUT2D eigenvalue weighted by Gasteiger charge is -2.11. The van der Waals surface area contributed by atoms with Crippen LogP contribution in [0.25, 0.3) is 0 Å². The number of carbonyl (C=O) groups excluding carboxylic acids is 2. The van der Waals surface area contributed by atoms with Crippen molar-refractivity contribution in [3.05, 3.63) is 53.6 Å². The number of allylic oxidation sites excluding steroid dienone is 4. The molecule has 0 unspecified atom stereocenters. The molecule has 1 aromatic rings. The maximum absolute atomic E-state index is 13.0. The molecule has 0 aliphatic rings. The van der Waals surface area contributed by atoms with Crippen LogP contribution in [0, 0.1) is 0 Å². The molecule has 1 aromatic carbocycles. The van der Waals surface area contributed by atoms with E-state index in [1.165, 1.54) is 212 Å². The molecule has 8 heteroatoms. The maximum atomic E-state index is 13.0. The first-order valence-corrected chi connectivity index (χ1v) is 28.5. The summed E-state index contributed by atoms with van der Waals surface area (Å²) in [7, 11) is -4.58. The molecule has 0 bridgehead atoms. The highest BCUT2D eigenvalue weighted by atomic mass is 32.2. The molecule has 0 fully saturated rings. The van der Waals surface area contributed by atoms with Crippen LogP contribution in [0.3, 0.4) is 0 Å². The van der Waals surface area contributed by atoms with Crippen LogP contribution in [0.15, 0.2) is 47.4 Å². The Labute approximate surface area is 394 Å². The zero-order chi connectivity index (χ0) is 46.4. The van der Waals surface area contributed by atoms with Crippen molar-refractivity contribution in [3.8, 4) is 0 Å². The summed E-state index contributed by atoms with van der Waals surface area (Å²) in [6.07, 6.45) is 59.9. The van der Waals surface area contributed by atoms with Crippen molar-refractivity contribution in [1.82, 2.24) is 0 Å². The van der Waals surface area contributed by atoms with E-state index in [2.05, 4.69) is 38.2 Å². The second-order valence-corrected chi connectivity index (χ2v) is 20.0. The van der Waals surface area contributed by atoms with Crippen LogP contribution in [-0.2, 0) is 19.6 Å². The van der Waals surface area contributed by atoms with Crippen LogP contribution >= 0.6 is 0 Å². The van der Waals surface area contributed by atoms with E-state index < -0.39 is 27.0 Å². The number of rotatable bonds is 47. The van der Waals surface area contributed by atoms with E-state index in [1.54, 1.807) is 0 Å². The smallest absolute Gasteiger partial charge is 0.339 e. The standard InChI is InChI=1S/C56H98O7S/c1-3-5-7-9-11-13-15-17-19-21-23-25-27-29-31-33-35-37-39-41-43-45-49-62-55(57)53-48-47-52(64(59,60)61)51-54(53)56(58)63-50-46-44-42-40-38-36-34-32-30-28-26-24-22-20-18-16-14-12-10-8-6-4-2/h37-40,47-48,51H,3-36,41-46,49-50H2,1-2H3,(H,59,60,61)/b39-37+,40-38+. The summed E-state index contributed by atoms with van der Waals surface area (Å²) in [6, 6.07) is 3.28. The summed E-state index contributed by atoms with van der Waals surface area (Å²) in [6.45, 7) is 4.89. The van der Waals surface area contributed by atoms with Crippen molar-refractivity contribution < 1.29 is 32.0 Å². The molecule has 0 aromatic heterocycles. The van der Waals surface area contributed by atoms with E-state index in [0.29, 0.717) is 12.8 Å². The fourth-order valence-corrected chi connectivity index (χ4v) is 8.84. The van der Waals surface area contributed by atoms with E-state index in [-0.39, 0.29) is 24.3 Å². The molecule has 0 heterocycles. The number of esters is 2. The van der Waals surface area contributed by atoms with Gasteiger partial charge in [0.15, 0.2) is 0 Å². The molecule has 0 atom stereocenters.